The third kappa shape index (κ3) is 2.77. The van der Waals surface area contributed by atoms with Crippen LogP contribution in [0.3, 0.4) is 0 Å². The van der Waals surface area contributed by atoms with Gasteiger partial charge in [-0.2, -0.15) is 0 Å². The van der Waals surface area contributed by atoms with E-state index >= 15 is 0 Å². The largest absolute Gasteiger partial charge is 0.399 e. The first kappa shape index (κ1) is 12.9. The molecule has 102 valence electrons. The number of carbonyl (C=O) groups excluding carboxylic acids is 1. The Morgan fingerprint density at radius 2 is 2.16 bits per heavy atom. The number of amides is 1. The molecule has 2 heterocycles. The number of nitrogens with two attached hydrogens (primary N) is 1. The third-order valence-electron chi connectivity index (χ3n) is 3.96. The molecule has 2 aliphatic heterocycles. The Morgan fingerprint density at radius 1 is 1.32 bits per heavy atom. The van der Waals surface area contributed by atoms with Gasteiger partial charge in [-0.15, -0.1) is 0 Å². The van der Waals surface area contributed by atoms with Crippen LogP contribution >= 0.6 is 15.9 Å². The van der Waals surface area contributed by atoms with Gasteiger partial charge in [-0.1, -0.05) is 15.9 Å². The van der Waals surface area contributed by atoms with Crippen molar-refractivity contribution in [3.63, 3.8) is 0 Å². The first-order valence-electron chi connectivity index (χ1n) is 6.68. The fourth-order valence-electron chi connectivity index (χ4n) is 3.10. The van der Waals surface area contributed by atoms with Crippen molar-refractivity contribution in [3.8, 4) is 0 Å². The van der Waals surface area contributed by atoms with Crippen LogP contribution in [0.2, 0.25) is 0 Å². The fourth-order valence-corrected chi connectivity index (χ4v) is 3.66. The monoisotopic (exact) mass is 323 g/mol. The van der Waals surface area contributed by atoms with Crippen molar-refractivity contribution >= 4 is 27.5 Å². The number of piperazine rings is 1. The maximum Gasteiger partial charge on any atom is 0.222 e. The molecule has 2 fully saturated rings. The molecule has 0 bridgehead atoms. The molecule has 1 aromatic rings. The number of fused-ring (bicyclic) bond motifs is 1. The lowest BCUT2D eigenvalue weighted by molar-refractivity contribution is -0.130. The minimum Gasteiger partial charge on any atom is -0.399 e. The molecule has 0 spiro atoms. The van der Waals surface area contributed by atoms with Gasteiger partial charge in [0.25, 0.3) is 0 Å². The first-order valence-corrected chi connectivity index (χ1v) is 7.48. The summed E-state index contributed by atoms with van der Waals surface area (Å²) in [4.78, 5) is 16.1. The summed E-state index contributed by atoms with van der Waals surface area (Å²) in [5.41, 5.74) is 7.88. The second-order valence-corrected chi connectivity index (χ2v) is 6.32. The van der Waals surface area contributed by atoms with Crippen molar-refractivity contribution in [2.75, 3.05) is 25.4 Å². The van der Waals surface area contributed by atoms with Crippen molar-refractivity contribution in [1.29, 1.82) is 0 Å². The number of nitrogen functional groups attached to an aromatic ring is 1. The van der Waals surface area contributed by atoms with Crippen LogP contribution in [0, 0.1) is 0 Å². The summed E-state index contributed by atoms with van der Waals surface area (Å²) in [6, 6.07) is 6.47. The van der Waals surface area contributed by atoms with Gasteiger partial charge in [-0.3, -0.25) is 9.69 Å². The highest BCUT2D eigenvalue weighted by molar-refractivity contribution is 9.10. The highest BCUT2D eigenvalue weighted by Crippen LogP contribution is 2.25. The number of benzene rings is 1. The molecule has 1 aromatic carbocycles. The second kappa shape index (κ2) is 5.13. The number of carbonyl (C=O) groups is 1. The molecule has 0 saturated carbocycles. The van der Waals surface area contributed by atoms with E-state index in [1.807, 2.05) is 17.0 Å². The molecule has 2 N–H and O–H groups in total. The molecule has 1 amide bonds. The van der Waals surface area contributed by atoms with Crippen molar-refractivity contribution in [2.45, 2.75) is 25.4 Å². The van der Waals surface area contributed by atoms with Crippen LogP contribution in [0.5, 0.6) is 0 Å². The normalized spacial score (nSPS) is 23.7. The number of hydrogen-bond acceptors (Lipinski definition) is 3. The Balaban J connectivity index is 1.66. The molecule has 19 heavy (non-hydrogen) atoms. The number of nitrogens with zero attached hydrogens (tertiary/aromatic N) is 2. The van der Waals surface area contributed by atoms with Gasteiger partial charge in [0.05, 0.1) is 0 Å². The minimum atomic E-state index is 0.330. The highest BCUT2D eigenvalue weighted by Gasteiger charge is 2.35. The molecule has 5 heteroatoms. The zero-order valence-electron chi connectivity index (χ0n) is 10.8. The fraction of sp³-hybridized carbons (Fsp3) is 0.500. The van der Waals surface area contributed by atoms with E-state index in [9.17, 15) is 4.79 Å². The molecule has 2 saturated heterocycles. The summed E-state index contributed by atoms with van der Waals surface area (Å²) in [7, 11) is 0. The van der Waals surface area contributed by atoms with Gasteiger partial charge in [0.2, 0.25) is 5.91 Å². The molecular formula is C14H18BrN3O. The van der Waals surface area contributed by atoms with Crippen molar-refractivity contribution in [1.82, 2.24) is 9.80 Å². The Labute approximate surface area is 121 Å². The van der Waals surface area contributed by atoms with E-state index in [0.717, 1.165) is 49.2 Å². The van der Waals surface area contributed by atoms with Gasteiger partial charge in [-0.05, 0) is 30.2 Å². The number of hydrogen-bond donors (Lipinski definition) is 1. The molecule has 4 nitrogen and oxygen atoms in total. The van der Waals surface area contributed by atoms with Gasteiger partial charge in [0.15, 0.2) is 0 Å². The molecule has 1 unspecified atom stereocenters. The van der Waals surface area contributed by atoms with Crippen LogP contribution in [0.25, 0.3) is 0 Å². The summed E-state index contributed by atoms with van der Waals surface area (Å²) < 4.78 is 1.03. The standard InChI is InChI=1S/C14H18BrN3O/c15-11-5-10(6-12(16)7-11)8-17-3-4-18-13(9-17)1-2-14(18)19/h5-7,13H,1-4,8-9,16H2. The Morgan fingerprint density at radius 3 is 2.95 bits per heavy atom. The van der Waals surface area contributed by atoms with E-state index in [2.05, 4.69) is 26.9 Å². The van der Waals surface area contributed by atoms with Crippen molar-refractivity contribution in [2.24, 2.45) is 0 Å². The van der Waals surface area contributed by atoms with Crippen LogP contribution in [0.1, 0.15) is 18.4 Å². The third-order valence-corrected chi connectivity index (χ3v) is 4.42. The summed E-state index contributed by atoms with van der Waals surface area (Å²) in [5.74, 6) is 0.330. The Bertz CT molecular complexity index is 485. The first-order chi connectivity index (χ1) is 9.11. The van der Waals surface area contributed by atoms with Crippen LogP contribution in [-0.2, 0) is 11.3 Å². The molecular weight excluding hydrogens is 306 g/mol. The smallest absolute Gasteiger partial charge is 0.222 e. The minimum absolute atomic E-state index is 0.330. The summed E-state index contributed by atoms with van der Waals surface area (Å²) in [6.07, 6.45) is 1.73. The van der Waals surface area contributed by atoms with E-state index in [4.69, 9.17) is 5.73 Å². The zero-order valence-corrected chi connectivity index (χ0v) is 12.4. The zero-order chi connectivity index (χ0) is 13.4. The lowest BCUT2D eigenvalue weighted by Gasteiger charge is -2.37. The van der Waals surface area contributed by atoms with Gasteiger partial charge < -0.3 is 10.6 Å². The van der Waals surface area contributed by atoms with E-state index in [1.54, 1.807) is 0 Å². The van der Waals surface area contributed by atoms with Crippen molar-refractivity contribution in [3.05, 3.63) is 28.2 Å². The summed E-state index contributed by atoms with van der Waals surface area (Å²) >= 11 is 3.48. The van der Waals surface area contributed by atoms with E-state index in [-0.39, 0.29) is 0 Å². The quantitative estimate of drug-likeness (QED) is 0.845. The van der Waals surface area contributed by atoms with Gasteiger partial charge in [0.1, 0.15) is 0 Å². The maximum absolute atomic E-state index is 11.6. The molecule has 2 aliphatic rings. The summed E-state index contributed by atoms with van der Waals surface area (Å²) in [6.45, 7) is 3.71. The van der Waals surface area contributed by atoms with Crippen LogP contribution in [-0.4, -0.2) is 41.4 Å². The van der Waals surface area contributed by atoms with Crippen LogP contribution in [0.15, 0.2) is 22.7 Å². The average Bonchev–Trinajstić information content (AvgIpc) is 2.69. The van der Waals surface area contributed by atoms with E-state index in [1.165, 1.54) is 5.56 Å². The maximum atomic E-state index is 11.6. The second-order valence-electron chi connectivity index (χ2n) is 5.41. The average molecular weight is 324 g/mol. The predicted octanol–water partition coefficient (Wildman–Crippen LogP) is 1.84. The lowest BCUT2D eigenvalue weighted by Crippen LogP contribution is -2.50. The van der Waals surface area contributed by atoms with Gasteiger partial charge in [-0.25, -0.2) is 0 Å². The molecule has 3 rings (SSSR count). The van der Waals surface area contributed by atoms with Gasteiger partial charge in [0, 0.05) is 48.8 Å². The van der Waals surface area contributed by atoms with Gasteiger partial charge >= 0.3 is 0 Å². The number of halogens is 1. The lowest BCUT2D eigenvalue weighted by atomic mass is 10.1. The SMILES string of the molecule is Nc1cc(Br)cc(CN2CCN3C(=O)CCC3C2)c1. The highest BCUT2D eigenvalue weighted by atomic mass is 79.9. The Hall–Kier alpha value is -1.07. The van der Waals surface area contributed by atoms with E-state index in [0.29, 0.717) is 11.9 Å². The predicted molar refractivity (Wildman–Crippen MR) is 78.6 cm³/mol. The molecule has 0 aromatic heterocycles. The summed E-state index contributed by atoms with van der Waals surface area (Å²) in [5, 5.41) is 0. The Kier molecular flexibility index (Phi) is 3.50. The van der Waals surface area contributed by atoms with Crippen LogP contribution < -0.4 is 5.73 Å². The van der Waals surface area contributed by atoms with E-state index < -0.39 is 0 Å². The molecule has 1 atom stereocenters. The number of rotatable bonds is 2. The van der Waals surface area contributed by atoms with Crippen molar-refractivity contribution < 1.29 is 4.79 Å². The molecule has 0 radical (unpaired) electrons. The number of anilines is 1. The molecule has 0 aliphatic carbocycles. The van der Waals surface area contributed by atoms with Crippen LogP contribution in [0.4, 0.5) is 5.69 Å². The topological polar surface area (TPSA) is 49.6 Å².